The third-order valence-corrected chi connectivity index (χ3v) is 1.78. The predicted molar refractivity (Wildman–Crippen MR) is 34.9 cm³/mol. The third-order valence-electron chi connectivity index (χ3n) is 1.78. The first kappa shape index (κ1) is 6.55. The van der Waals surface area contributed by atoms with Crippen molar-refractivity contribution < 1.29 is 4.79 Å². The molecular formula is C6H12N2O. The number of hydrogen-bond donors (Lipinski definition) is 1. The van der Waals surface area contributed by atoms with Gasteiger partial charge in [-0.2, -0.15) is 0 Å². The van der Waals surface area contributed by atoms with Crippen molar-refractivity contribution in [3.63, 3.8) is 0 Å². The van der Waals surface area contributed by atoms with Crippen LogP contribution in [0.3, 0.4) is 0 Å². The highest BCUT2D eigenvalue weighted by Gasteiger charge is 2.18. The Bertz CT molecular complexity index is 105. The quantitative estimate of drug-likeness (QED) is 0.522. The summed E-state index contributed by atoms with van der Waals surface area (Å²) in [4.78, 5) is 12.1. The van der Waals surface area contributed by atoms with Gasteiger partial charge in [0.1, 0.15) is 0 Å². The molecule has 0 aromatic heterocycles. The van der Waals surface area contributed by atoms with Crippen LogP contribution < -0.4 is 5.32 Å². The third kappa shape index (κ3) is 1.42. The molecule has 0 bridgehead atoms. The van der Waals surface area contributed by atoms with Crippen molar-refractivity contribution >= 4 is 6.41 Å². The Morgan fingerprint density at radius 2 is 2.56 bits per heavy atom. The molecule has 1 fully saturated rings. The van der Waals surface area contributed by atoms with E-state index in [1.165, 1.54) is 6.42 Å². The van der Waals surface area contributed by atoms with E-state index in [9.17, 15) is 4.79 Å². The average molecular weight is 128 g/mol. The summed E-state index contributed by atoms with van der Waals surface area (Å²) in [5.74, 6) is 0. The summed E-state index contributed by atoms with van der Waals surface area (Å²) in [6, 6.07) is 0. The lowest BCUT2D eigenvalue weighted by atomic mass is 10.3. The second-order valence-corrected chi connectivity index (χ2v) is 2.42. The van der Waals surface area contributed by atoms with Gasteiger partial charge in [-0.15, -0.1) is 0 Å². The molecular weight excluding hydrogens is 116 g/mol. The molecule has 1 rings (SSSR count). The minimum Gasteiger partial charge on any atom is -0.343 e. The highest BCUT2D eigenvalue weighted by atomic mass is 16.1. The molecule has 1 amide bonds. The first-order chi connectivity index (χ1) is 4.34. The number of carbonyl (C=O) groups is 1. The van der Waals surface area contributed by atoms with Crippen LogP contribution in [0, 0.1) is 0 Å². The Morgan fingerprint density at radius 3 is 3.00 bits per heavy atom. The fourth-order valence-corrected chi connectivity index (χ4v) is 1.20. The maximum Gasteiger partial charge on any atom is 0.208 e. The smallest absolute Gasteiger partial charge is 0.208 e. The Balaban J connectivity index is 2.30. The second-order valence-electron chi connectivity index (χ2n) is 2.42. The number of amides is 1. The van der Waals surface area contributed by atoms with Crippen LogP contribution in [0.1, 0.15) is 12.8 Å². The maximum atomic E-state index is 9.97. The van der Waals surface area contributed by atoms with E-state index in [2.05, 4.69) is 10.2 Å². The van der Waals surface area contributed by atoms with Gasteiger partial charge in [0.25, 0.3) is 0 Å². The molecule has 0 aliphatic carbocycles. The molecule has 3 heteroatoms. The molecule has 1 atom stereocenters. The number of likely N-dealkylation sites (tertiary alicyclic amines) is 1. The van der Waals surface area contributed by atoms with E-state index in [1.54, 1.807) is 0 Å². The van der Waals surface area contributed by atoms with Gasteiger partial charge in [-0.3, -0.25) is 9.69 Å². The Labute approximate surface area is 55.0 Å². The van der Waals surface area contributed by atoms with Gasteiger partial charge in [-0.25, -0.2) is 0 Å². The molecule has 0 aromatic rings. The van der Waals surface area contributed by atoms with Gasteiger partial charge in [0, 0.05) is 0 Å². The SMILES string of the molecule is CN1CCC[C@@H]1NC=O. The molecule has 1 heterocycles. The van der Waals surface area contributed by atoms with Crippen molar-refractivity contribution in [2.24, 2.45) is 0 Å². The van der Waals surface area contributed by atoms with Gasteiger partial charge in [0.05, 0.1) is 6.17 Å². The number of nitrogens with zero attached hydrogens (tertiary/aromatic N) is 1. The minimum atomic E-state index is 0.294. The van der Waals surface area contributed by atoms with E-state index in [1.807, 2.05) is 7.05 Å². The fraction of sp³-hybridized carbons (Fsp3) is 0.833. The molecule has 52 valence electrons. The van der Waals surface area contributed by atoms with Crippen LogP contribution in [0.4, 0.5) is 0 Å². The zero-order valence-electron chi connectivity index (χ0n) is 5.63. The minimum absolute atomic E-state index is 0.294. The fourth-order valence-electron chi connectivity index (χ4n) is 1.20. The van der Waals surface area contributed by atoms with Crippen LogP contribution in [0.15, 0.2) is 0 Å². The molecule has 0 spiro atoms. The van der Waals surface area contributed by atoms with E-state index in [-0.39, 0.29) is 0 Å². The van der Waals surface area contributed by atoms with Gasteiger partial charge in [0.15, 0.2) is 0 Å². The summed E-state index contributed by atoms with van der Waals surface area (Å²) < 4.78 is 0. The molecule has 0 aromatic carbocycles. The lowest BCUT2D eigenvalue weighted by Gasteiger charge is -2.17. The van der Waals surface area contributed by atoms with Crippen molar-refractivity contribution in [1.82, 2.24) is 10.2 Å². The summed E-state index contributed by atoms with van der Waals surface area (Å²) in [5.41, 5.74) is 0. The van der Waals surface area contributed by atoms with Crippen molar-refractivity contribution in [2.75, 3.05) is 13.6 Å². The van der Waals surface area contributed by atoms with E-state index in [4.69, 9.17) is 0 Å². The van der Waals surface area contributed by atoms with Crippen molar-refractivity contribution in [3.8, 4) is 0 Å². The zero-order valence-corrected chi connectivity index (χ0v) is 5.63. The lowest BCUT2D eigenvalue weighted by molar-refractivity contribution is -0.110. The van der Waals surface area contributed by atoms with E-state index >= 15 is 0 Å². The largest absolute Gasteiger partial charge is 0.343 e. The van der Waals surface area contributed by atoms with Crippen molar-refractivity contribution in [1.29, 1.82) is 0 Å². The highest BCUT2D eigenvalue weighted by molar-refractivity contribution is 5.46. The van der Waals surface area contributed by atoms with E-state index < -0.39 is 0 Å². The molecule has 0 radical (unpaired) electrons. The van der Waals surface area contributed by atoms with Crippen LogP contribution in [-0.2, 0) is 4.79 Å². The standard InChI is InChI=1S/C6H12N2O/c1-8-4-2-3-6(8)7-5-9/h5-6H,2-4H2,1H3,(H,7,9)/t6-/m1/s1. The first-order valence-electron chi connectivity index (χ1n) is 3.24. The number of nitrogens with one attached hydrogen (secondary N) is 1. The summed E-state index contributed by atoms with van der Waals surface area (Å²) in [5, 5.41) is 2.74. The molecule has 1 saturated heterocycles. The molecule has 0 saturated carbocycles. The van der Waals surface area contributed by atoms with Gasteiger partial charge in [-0.1, -0.05) is 0 Å². The lowest BCUT2D eigenvalue weighted by Crippen LogP contribution is -2.37. The zero-order chi connectivity index (χ0) is 6.69. The average Bonchev–Trinajstić information content (AvgIpc) is 2.18. The number of rotatable bonds is 2. The summed E-state index contributed by atoms with van der Waals surface area (Å²) in [6.45, 7) is 1.10. The van der Waals surface area contributed by atoms with Crippen LogP contribution in [0.5, 0.6) is 0 Å². The first-order valence-corrected chi connectivity index (χ1v) is 3.24. The van der Waals surface area contributed by atoms with Crippen LogP contribution in [0.2, 0.25) is 0 Å². The van der Waals surface area contributed by atoms with Gasteiger partial charge >= 0.3 is 0 Å². The van der Waals surface area contributed by atoms with Crippen LogP contribution in [-0.4, -0.2) is 31.1 Å². The number of hydrogen-bond acceptors (Lipinski definition) is 2. The van der Waals surface area contributed by atoms with Gasteiger partial charge in [-0.05, 0) is 26.4 Å². The second kappa shape index (κ2) is 2.82. The normalized spacial score (nSPS) is 28.3. The molecule has 9 heavy (non-hydrogen) atoms. The van der Waals surface area contributed by atoms with E-state index in [0.29, 0.717) is 6.17 Å². The van der Waals surface area contributed by atoms with Crippen molar-refractivity contribution in [3.05, 3.63) is 0 Å². The predicted octanol–water partition coefficient (Wildman–Crippen LogP) is -0.216. The summed E-state index contributed by atoms with van der Waals surface area (Å²) >= 11 is 0. The summed E-state index contributed by atoms with van der Waals surface area (Å²) in [7, 11) is 2.02. The Hall–Kier alpha value is -0.570. The Morgan fingerprint density at radius 1 is 1.78 bits per heavy atom. The molecule has 3 nitrogen and oxygen atoms in total. The van der Waals surface area contributed by atoms with Gasteiger partial charge in [0.2, 0.25) is 6.41 Å². The monoisotopic (exact) mass is 128 g/mol. The molecule has 1 aliphatic rings. The van der Waals surface area contributed by atoms with Crippen molar-refractivity contribution in [2.45, 2.75) is 19.0 Å². The van der Waals surface area contributed by atoms with Crippen LogP contribution in [0.25, 0.3) is 0 Å². The molecule has 1 N–H and O–H groups in total. The summed E-state index contributed by atoms with van der Waals surface area (Å²) in [6.07, 6.45) is 3.35. The Kier molecular flexibility index (Phi) is 2.05. The van der Waals surface area contributed by atoms with Gasteiger partial charge < -0.3 is 5.32 Å². The number of carbonyl (C=O) groups excluding carboxylic acids is 1. The topological polar surface area (TPSA) is 32.3 Å². The van der Waals surface area contributed by atoms with Crippen LogP contribution >= 0.6 is 0 Å². The molecule has 1 aliphatic heterocycles. The highest BCUT2D eigenvalue weighted by Crippen LogP contribution is 2.10. The molecule has 0 unspecified atom stereocenters. The van der Waals surface area contributed by atoms with E-state index in [0.717, 1.165) is 19.4 Å². The maximum absolute atomic E-state index is 9.97.